The van der Waals surface area contributed by atoms with Crippen molar-refractivity contribution >= 4 is 50.1 Å². The highest BCUT2D eigenvalue weighted by Crippen LogP contribution is 2.25. The maximum Gasteiger partial charge on any atom is 0.301 e. The van der Waals surface area contributed by atoms with Crippen LogP contribution in [0.15, 0.2) is 18.2 Å². The first-order valence-corrected chi connectivity index (χ1v) is 9.66. The van der Waals surface area contributed by atoms with Gasteiger partial charge < -0.3 is 5.32 Å². The minimum Gasteiger partial charge on any atom is -0.317 e. The highest BCUT2D eigenvalue weighted by Gasteiger charge is 2.18. The third-order valence-corrected chi connectivity index (χ3v) is 5.30. The number of nitrogens with zero attached hydrogens (tertiary/aromatic N) is 1. The van der Waals surface area contributed by atoms with Crippen molar-refractivity contribution in [2.45, 2.75) is 19.8 Å². The zero-order chi connectivity index (χ0) is 15.9. The summed E-state index contributed by atoms with van der Waals surface area (Å²) >= 11 is 8.16. The van der Waals surface area contributed by atoms with Crippen molar-refractivity contribution in [1.29, 1.82) is 0 Å². The standard InChI is InChI=1S/C13H21ClIN3O2S/c1-3-7-16-8-4-9-18(2)21(19,20)17-13-6-5-11(15)10-12(13)14/h5-6,10,16-17H,3-4,7-9H2,1-2H3. The second kappa shape index (κ2) is 9.14. The highest BCUT2D eigenvalue weighted by atomic mass is 127. The zero-order valence-electron chi connectivity index (χ0n) is 12.2. The summed E-state index contributed by atoms with van der Waals surface area (Å²) < 4.78 is 29.1. The van der Waals surface area contributed by atoms with Crippen molar-refractivity contribution in [2.75, 3.05) is 31.4 Å². The molecule has 0 saturated carbocycles. The Morgan fingerprint density at radius 1 is 1.33 bits per heavy atom. The molecule has 0 atom stereocenters. The number of hydrogen-bond donors (Lipinski definition) is 2. The molecule has 8 heteroatoms. The van der Waals surface area contributed by atoms with Gasteiger partial charge in [0.2, 0.25) is 0 Å². The maximum absolute atomic E-state index is 12.2. The molecule has 0 bridgehead atoms. The molecule has 0 heterocycles. The molecule has 1 aromatic carbocycles. The second-order valence-corrected chi connectivity index (χ2v) is 8.09. The average molecular weight is 446 g/mol. The normalized spacial score (nSPS) is 11.9. The van der Waals surface area contributed by atoms with Crippen molar-refractivity contribution < 1.29 is 8.42 Å². The third-order valence-electron chi connectivity index (χ3n) is 2.83. The van der Waals surface area contributed by atoms with E-state index in [-0.39, 0.29) is 0 Å². The van der Waals surface area contributed by atoms with Crippen LogP contribution in [0.2, 0.25) is 5.02 Å². The second-order valence-electron chi connectivity index (χ2n) is 4.66. The predicted octanol–water partition coefficient (Wildman–Crippen LogP) is 2.92. The Balaban J connectivity index is 2.55. The van der Waals surface area contributed by atoms with Crippen LogP contribution in [0.25, 0.3) is 0 Å². The molecule has 0 unspecified atom stereocenters. The number of hydrogen-bond acceptors (Lipinski definition) is 3. The van der Waals surface area contributed by atoms with Crippen molar-refractivity contribution in [2.24, 2.45) is 0 Å². The fourth-order valence-corrected chi connectivity index (χ4v) is 3.58. The number of anilines is 1. The fraction of sp³-hybridized carbons (Fsp3) is 0.538. The number of rotatable bonds is 9. The van der Waals surface area contributed by atoms with E-state index < -0.39 is 10.2 Å². The van der Waals surface area contributed by atoms with Crippen LogP contribution in [0.4, 0.5) is 5.69 Å². The Morgan fingerprint density at radius 3 is 2.67 bits per heavy atom. The maximum atomic E-state index is 12.2. The Labute approximate surface area is 145 Å². The lowest BCUT2D eigenvalue weighted by atomic mass is 10.3. The molecule has 120 valence electrons. The van der Waals surface area contributed by atoms with Crippen molar-refractivity contribution in [3.8, 4) is 0 Å². The summed E-state index contributed by atoms with van der Waals surface area (Å²) in [7, 11) is -2.01. The van der Waals surface area contributed by atoms with Gasteiger partial charge in [0.05, 0.1) is 10.7 Å². The highest BCUT2D eigenvalue weighted by molar-refractivity contribution is 14.1. The van der Waals surface area contributed by atoms with Gasteiger partial charge in [0.25, 0.3) is 0 Å². The summed E-state index contributed by atoms with van der Waals surface area (Å²) in [4.78, 5) is 0. The first-order chi connectivity index (χ1) is 9.86. The van der Waals surface area contributed by atoms with E-state index in [0.29, 0.717) is 17.3 Å². The van der Waals surface area contributed by atoms with E-state index >= 15 is 0 Å². The molecular formula is C13H21ClIN3O2S. The van der Waals surface area contributed by atoms with Gasteiger partial charge in [0.15, 0.2) is 0 Å². The van der Waals surface area contributed by atoms with Crippen LogP contribution in [0.3, 0.4) is 0 Å². The molecule has 0 aliphatic rings. The van der Waals surface area contributed by atoms with Crippen LogP contribution < -0.4 is 10.0 Å². The van der Waals surface area contributed by atoms with Gasteiger partial charge in [-0.3, -0.25) is 4.72 Å². The Morgan fingerprint density at radius 2 is 2.05 bits per heavy atom. The molecule has 0 aliphatic carbocycles. The summed E-state index contributed by atoms with van der Waals surface area (Å²) in [5.41, 5.74) is 0.396. The van der Waals surface area contributed by atoms with Crippen LogP contribution in [0.1, 0.15) is 19.8 Å². The lowest BCUT2D eigenvalue weighted by Crippen LogP contribution is -2.34. The summed E-state index contributed by atoms with van der Waals surface area (Å²) in [5.74, 6) is 0. The summed E-state index contributed by atoms with van der Waals surface area (Å²) in [5, 5.41) is 3.64. The van der Waals surface area contributed by atoms with Crippen molar-refractivity contribution in [3.05, 3.63) is 26.8 Å². The predicted molar refractivity (Wildman–Crippen MR) is 97.1 cm³/mol. The van der Waals surface area contributed by atoms with E-state index in [1.807, 2.05) is 0 Å². The molecule has 0 spiro atoms. The molecule has 1 aromatic rings. The molecule has 0 radical (unpaired) electrons. The van der Waals surface area contributed by atoms with Gasteiger partial charge in [0.1, 0.15) is 0 Å². The summed E-state index contributed by atoms with van der Waals surface area (Å²) in [6, 6.07) is 5.19. The number of halogens is 2. The van der Waals surface area contributed by atoms with Crippen LogP contribution in [0, 0.1) is 3.57 Å². The van der Waals surface area contributed by atoms with Gasteiger partial charge in [-0.15, -0.1) is 0 Å². The monoisotopic (exact) mass is 445 g/mol. The molecule has 0 amide bonds. The van der Waals surface area contributed by atoms with Crippen molar-refractivity contribution in [1.82, 2.24) is 9.62 Å². The number of nitrogens with one attached hydrogen (secondary N) is 2. The molecule has 21 heavy (non-hydrogen) atoms. The van der Waals surface area contributed by atoms with Crippen LogP contribution >= 0.6 is 34.2 Å². The fourth-order valence-electron chi connectivity index (χ4n) is 1.64. The minimum atomic E-state index is -3.57. The van der Waals surface area contributed by atoms with Gasteiger partial charge in [-0.1, -0.05) is 18.5 Å². The van der Waals surface area contributed by atoms with E-state index in [9.17, 15) is 8.42 Å². The zero-order valence-corrected chi connectivity index (χ0v) is 15.9. The van der Waals surface area contributed by atoms with Crippen LogP contribution in [-0.4, -0.2) is 39.4 Å². The van der Waals surface area contributed by atoms with Gasteiger partial charge in [-0.2, -0.15) is 12.7 Å². The average Bonchev–Trinajstić information content (AvgIpc) is 2.41. The van der Waals surface area contributed by atoms with E-state index in [4.69, 9.17) is 11.6 Å². The van der Waals surface area contributed by atoms with E-state index in [0.717, 1.165) is 29.5 Å². The molecule has 0 saturated heterocycles. The van der Waals surface area contributed by atoms with Crippen molar-refractivity contribution in [3.63, 3.8) is 0 Å². The number of benzene rings is 1. The first-order valence-electron chi connectivity index (χ1n) is 6.76. The lowest BCUT2D eigenvalue weighted by molar-refractivity contribution is 0.458. The molecular weight excluding hydrogens is 425 g/mol. The lowest BCUT2D eigenvalue weighted by Gasteiger charge is -2.19. The van der Waals surface area contributed by atoms with E-state index in [1.54, 1.807) is 25.2 Å². The smallest absolute Gasteiger partial charge is 0.301 e. The third kappa shape index (κ3) is 6.68. The Hall–Kier alpha value is -0.0900. The van der Waals surface area contributed by atoms with Crippen LogP contribution in [-0.2, 0) is 10.2 Å². The van der Waals surface area contributed by atoms with E-state index in [1.165, 1.54) is 4.31 Å². The van der Waals surface area contributed by atoms with E-state index in [2.05, 4.69) is 39.6 Å². The quantitative estimate of drug-likeness (QED) is 0.454. The Kier molecular flexibility index (Phi) is 8.25. The molecule has 0 aromatic heterocycles. The molecule has 0 fully saturated rings. The summed E-state index contributed by atoms with van der Waals surface area (Å²) in [6.45, 7) is 4.30. The Bertz CT molecular complexity index is 554. The van der Waals surface area contributed by atoms with Gasteiger partial charge in [-0.25, -0.2) is 0 Å². The van der Waals surface area contributed by atoms with Crippen LogP contribution in [0.5, 0.6) is 0 Å². The molecule has 2 N–H and O–H groups in total. The largest absolute Gasteiger partial charge is 0.317 e. The van der Waals surface area contributed by atoms with Gasteiger partial charge in [0, 0.05) is 17.2 Å². The molecule has 0 aliphatic heterocycles. The molecule has 1 rings (SSSR count). The topological polar surface area (TPSA) is 61.4 Å². The van der Waals surface area contributed by atoms with Gasteiger partial charge >= 0.3 is 10.2 Å². The minimum absolute atomic E-state index is 0.392. The summed E-state index contributed by atoms with van der Waals surface area (Å²) in [6.07, 6.45) is 1.83. The first kappa shape index (κ1) is 19.0. The molecule has 5 nitrogen and oxygen atoms in total. The van der Waals surface area contributed by atoms with Gasteiger partial charge in [-0.05, 0) is 66.7 Å². The SMILES string of the molecule is CCCNCCCN(C)S(=O)(=O)Nc1ccc(I)cc1Cl.